The molecule has 0 aliphatic carbocycles. The second-order valence-corrected chi connectivity index (χ2v) is 33.5. The average Bonchev–Trinajstić information content (AvgIpc) is 1.54. The highest BCUT2D eigenvalue weighted by atomic mass is 127. The number of nitriles is 3. The standard InChI is InChI=1S/C29H20F5N3O2S.C27H28BF4NO4S.C21H15F5N4OS.C8H4FIN2/c30-22-8-6-17(11-23(31)24-9-7-18(13-35)14-36-24)10-20(22)28-16-39-27(29(32,33)34)21(28)15-40-26(37-28)12-25(38)19-4-2-1-3-5-19;1-24(2)25(3,4)37-28(36-24)17-10-11-20(29)18(12-17)26-15-35-23(27(30,31)32)19(26)14-38-22(33-26)13-21(34)16-8-6-5-7-9-16;22-15-3-1-11(6-16(23)17-4-2-12(7-27)8-29-17)5-13(15)20-10-31-18(21(24,25)26)14(20)9-32-19(28)30-20;9-7(3-10)8-2-1-6(4-11)5-12-8/h1-11,14,21,27H,12,15-16H2;5-12,19,23H,13-15H2,1-4H3;1-6,8,14,18H,9-10H2,(H2,28,30);1-3,5H/b23-11-;;16-6-;7-3-/t21-,27+,28-;19-,23+,26-;14-,18+,20-;/m111./s1. The molecule has 15 rings (SSSR count). The molecule has 0 bridgehead atoms. The van der Waals surface area contributed by atoms with E-state index in [0.29, 0.717) is 27.2 Å². The van der Waals surface area contributed by atoms with Gasteiger partial charge in [-0.2, -0.15) is 55.3 Å². The van der Waals surface area contributed by atoms with Gasteiger partial charge in [-0.1, -0.05) is 96.7 Å². The van der Waals surface area contributed by atoms with Crippen molar-refractivity contribution < 1.29 is 99.0 Å². The van der Waals surface area contributed by atoms with E-state index in [1.54, 1.807) is 83.3 Å². The quantitative estimate of drug-likeness (QED) is 0.0433. The van der Waals surface area contributed by atoms with E-state index < -0.39 is 138 Å². The zero-order chi connectivity index (χ0) is 88.1. The lowest BCUT2D eigenvalue weighted by Gasteiger charge is -2.37. The number of carbonyl (C=O) groups is 2. The second-order valence-electron chi connectivity index (χ2n) is 29.6. The van der Waals surface area contributed by atoms with Gasteiger partial charge in [0, 0.05) is 85.5 Å². The minimum atomic E-state index is -4.72. The number of alkyl halides is 9. The van der Waals surface area contributed by atoms with Gasteiger partial charge in [0.2, 0.25) is 0 Å². The Morgan fingerprint density at radius 2 is 0.836 bits per heavy atom. The molecule has 0 saturated carbocycles. The number of ketones is 2. The molecule has 632 valence electrons. The smallest absolute Gasteiger partial charge is 0.399 e. The van der Waals surface area contributed by atoms with Crippen molar-refractivity contribution in [2.75, 3.05) is 37.1 Å². The van der Waals surface area contributed by atoms with Gasteiger partial charge in [-0.25, -0.2) is 31.3 Å². The molecule has 4 fully saturated rings. The van der Waals surface area contributed by atoms with Crippen LogP contribution in [0.3, 0.4) is 0 Å². The Morgan fingerprint density at radius 1 is 0.492 bits per heavy atom. The fourth-order valence-electron chi connectivity index (χ4n) is 14.5. The first-order valence-corrected chi connectivity index (χ1v) is 41.1. The molecule has 0 radical (unpaired) electrons. The maximum absolute atomic E-state index is 15.5. The number of ether oxygens (including phenoxy) is 3. The Kier molecular flexibility index (Phi) is 27.8. The van der Waals surface area contributed by atoms with Gasteiger partial charge >= 0.3 is 25.6 Å². The summed E-state index contributed by atoms with van der Waals surface area (Å²) in [6, 6.07) is 42.4. The summed E-state index contributed by atoms with van der Waals surface area (Å²) in [6.45, 7) is 5.98. The van der Waals surface area contributed by atoms with Crippen molar-refractivity contribution >= 4 is 127 Å². The number of aromatic nitrogens is 3. The first kappa shape index (κ1) is 91.2. The predicted octanol–water partition coefficient (Wildman–Crippen LogP) is 19.1. The van der Waals surface area contributed by atoms with Crippen LogP contribution >= 0.6 is 57.9 Å². The summed E-state index contributed by atoms with van der Waals surface area (Å²) in [4.78, 5) is 50.6. The van der Waals surface area contributed by atoms with E-state index >= 15 is 8.78 Å². The van der Waals surface area contributed by atoms with Gasteiger partial charge in [-0.05, 0) is 146 Å². The highest BCUT2D eigenvalue weighted by Crippen LogP contribution is 2.56. The Morgan fingerprint density at radius 3 is 1.18 bits per heavy atom. The predicted molar refractivity (Wildman–Crippen MR) is 440 cm³/mol. The molecule has 2 N–H and O–H groups in total. The lowest BCUT2D eigenvalue weighted by atomic mass is 9.73. The number of amidine groups is 1. The van der Waals surface area contributed by atoms with Crippen molar-refractivity contribution in [1.29, 1.82) is 15.8 Å². The molecule has 5 aromatic carbocycles. The van der Waals surface area contributed by atoms with Crippen LogP contribution in [0, 0.1) is 69.2 Å². The van der Waals surface area contributed by atoms with Crippen molar-refractivity contribution in [2.45, 2.75) is 105 Å². The number of Topliss-reactive ketones (excluding diaryl/α,β-unsaturated/α-hetero) is 2. The summed E-state index contributed by atoms with van der Waals surface area (Å²) in [7, 11) is -0.837. The maximum Gasteiger partial charge on any atom is 0.494 e. The van der Waals surface area contributed by atoms with Gasteiger partial charge in [0.15, 0.2) is 40.9 Å². The summed E-state index contributed by atoms with van der Waals surface area (Å²) in [5.74, 6) is -8.58. The molecule has 7 aliphatic rings. The molecule has 7 aliphatic heterocycles. The van der Waals surface area contributed by atoms with E-state index in [-0.39, 0.29) is 114 Å². The van der Waals surface area contributed by atoms with E-state index in [2.05, 4.69) is 29.9 Å². The maximum atomic E-state index is 15.5. The van der Waals surface area contributed by atoms with Crippen LogP contribution in [0.1, 0.15) is 123 Å². The fourth-order valence-corrected chi connectivity index (χ4v) is 18.4. The lowest BCUT2D eigenvalue weighted by Crippen LogP contribution is -2.46. The Labute approximate surface area is 715 Å². The Balaban J connectivity index is 0.000000157. The molecule has 4 saturated heterocycles. The van der Waals surface area contributed by atoms with E-state index in [0.717, 1.165) is 59.6 Å². The van der Waals surface area contributed by atoms with Crippen LogP contribution in [0.4, 0.5) is 65.9 Å². The Bertz CT molecular complexity index is 5570. The van der Waals surface area contributed by atoms with Crippen molar-refractivity contribution in [2.24, 2.45) is 38.5 Å². The number of hydrogen-bond donors (Lipinski definition) is 1. The van der Waals surface area contributed by atoms with Crippen LogP contribution < -0.4 is 11.2 Å². The number of nitrogens with zero attached hydrogens (tertiary/aromatic N) is 9. The molecule has 3 aromatic heterocycles. The van der Waals surface area contributed by atoms with Gasteiger partial charge in [0.05, 0.1) is 87.7 Å². The van der Waals surface area contributed by atoms with Crippen LogP contribution in [-0.4, -0.2) is 134 Å². The summed E-state index contributed by atoms with van der Waals surface area (Å²) in [6.07, 6.45) is -14.8. The second kappa shape index (κ2) is 37.2. The van der Waals surface area contributed by atoms with Gasteiger partial charge < -0.3 is 29.3 Å². The molecule has 37 heteroatoms. The minimum absolute atomic E-state index is 0.0218. The molecule has 8 aromatic rings. The number of rotatable bonds is 15. The highest BCUT2D eigenvalue weighted by molar-refractivity contribution is 14.1. The monoisotopic (exact) mass is 1860 g/mol. The Hall–Kier alpha value is -10.0. The molecule has 10 heterocycles. The largest absolute Gasteiger partial charge is 0.494 e. The van der Waals surface area contributed by atoms with Crippen molar-refractivity contribution in [3.8, 4) is 18.2 Å². The lowest BCUT2D eigenvalue weighted by molar-refractivity contribution is -0.215. The van der Waals surface area contributed by atoms with Crippen LogP contribution in [0.25, 0.3) is 29.6 Å². The third-order valence-corrected chi connectivity index (χ3v) is 25.0. The van der Waals surface area contributed by atoms with Gasteiger partial charge in [0.25, 0.3) is 0 Å². The highest BCUT2D eigenvalue weighted by Gasteiger charge is 2.65. The molecule has 0 amide bonds. The van der Waals surface area contributed by atoms with Crippen molar-refractivity contribution in [3.63, 3.8) is 0 Å². The fraction of sp³-hybridized carbons (Fsp3) is 0.306. The summed E-state index contributed by atoms with van der Waals surface area (Å²) < 4.78 is 241. The first-order chi connectivity index (χ1) is 57.7. The molecular formula is C85H67BF15IN10O7S3. The minimum Gasteiger partial charge on any atom is -0.399 e. The topological polar surface area (TPSA) is 253 Å². The van der Waals surface area contributed by atoms with E-state index in [1.165, 1.54) is 102 Å². The molecule has 0 spiro atoms. The van der Waals surface area contributed by atoms with Crippen LogP contribution in [0.15, 0.2) is 189 Å². The normalized spacial score (nSPS) is 24.1. The SMILES string of the molecule is CC1(C)OB(c2ccc(F)c([C@]34CO[C@H](C(F)(F)F)[C@H]3CSC(CC(=O)c3ccccc3)=N4)c2)OC1(C)C.N#Cc1ccc(/C(F)=C/I)nc1.N#Cc1ccc(/C(F)=C/c2ccc(F)c([C@]34CO[C@H](C(F)(F)F)[C@H]3CSC(CC(=O)c3ccccc3)=N4)c2)nc1.N#Cc1ccc(/C(F)=C/c2ccc(F)c([C@]34CO[C@H](C(F)(F)F)[C@H]3CSC(N)=N4)c2)nc1. The van der Waals surface area contributed by atoms with Crippen LogP contribution in [0.2, 0.25) is 0 Å². The average molecular weight is 1860 g/mol. The van der Waals surface area contributed by atoms with Gasteiger partial charge in [0.1, 0.15) is 63.9 Å². The number of thioether (sulfide) groups is 3. The number of halogens is 16. The first-order valence-electron chi connectivity index (χ1n) is 36.9. The number of benzene rings is 5. The van der Waals surface area contributed by atoms with E-state index in [4.69, 9.17) is 45.0 Å². The number of carbonyl (C=O) groups excluding carboxylic acids is 2. The number of nitrogens with two attached hydrogens (primary N) is 1. The van der Waals surface area contributed by atoms with E-state index in [9.17, 15) is 66.7 Å². The summed E-state index contributed by atoms with van der Waals surface area (Å²) in [5, 5.41) is 26.8. The number of aliphatic imine (C=N–C) groups is 3. The third-order valence-electron chi connectivity index (χ3n) is 21.4. The van der Waals surface area contributed by atoms with Crippen molar-refractivity contribution in [3.05, 3.63) is 265 Å². The van der Waals surface area contributed by atoms with Gasteiger partial charge in [-0.15, -0.1) is 23.5 Å². The molecular weight excluding hydrogens is 1790 g/mol. The molecule has 0 unspecified atom stereocenters. The number of hydrogen-bond acceptors (Lipinski definition) is 20. The third kappa shape index (κ3) is 19.9. The van der Waals surface area contributed by atoms with Gasteiger partial charge in [-0.3, -0.25) is 34.5 Å². The van der Waals surface area contributed by atoms with E-state index in [1.807, 2.05) is 45.9 Å². The number of fused-ring (bicyclic) bond motifs is 3. The zero-order valence-corrected chi connectivity index (χ0v) is 68.9. The van der Waals surface area contributed by atoms with Crippen LogP contribution in [0.5, 0.6) is 0 Å². The summed E-state index contributed by atoms with van der Waals surface area (Å²) >= 11 is 4.85. The molecule has 122 heavy (non-hydrogen) atoms. The van der Waals surface area contributed by atoms with Crippen LogP contribution in [-0.2, 0) is 40.1 Å². The van der Waals surface area contributed by atoms with Crippen molar-refractivity contribution in [1.82, 2.24) is 15.0 Å². The summed E-state index contributed by atoms with van der Waals surface area (Å²) in [5.41, 5.74) is 1.80. The number of pyridine rings is 3. The molecule has 17 nitrogen and oxygen atoms in total. The zero-order valence-electron chi connectivity index (χ0n) is 64.3. The molecule has 9 atom stereocenters.